The van der Waals surface area contributed by atoms with Gasteiger partial charge in [0, 0.05) is 0 Å². The number of nitrogens with one attached hydrogen (secondary N) is 1. The van der Waals surface area contributed by atoms with Crippen molar-refractivity contribution in [3.05, 3.63) is 92.7 Å². The van der Waals surface area contributed by atoms with Crippen LogP contribution in [0.2, 0.25) is 0 Å². The van der Waals surface area contributed by atoms with Crippen molar-refractivity contribution in [3.8, 4) is 11.4 Å². The van der Waals surface area contributed by atoms with E-state index in [9.17, 15) is 9.59 Å². The molecule has 172 valence electrons. The monoisotopic (exact) mass is 536 g/mol. The highest BCUT2D eigenvalue weighted by Crippen LogP contribution is 2.25. The summed E-state index contributed by atoms with van der Waals surface area (Å²) >= 11 is 4.60. The van der Waals surface area contributed by atoms with E-state index >= 15 is 0 Å². The zero-order valence-electron chi connectivity index (χ0n) is 18.5. The Kier molecular flexibility index (Phi) is 7.44. The minimum atomic E-state index is -0.312. The van der Waals surface area contributed by atoms with E-state index in [2.05, 4.69) is 31.4 Å². The van der Waals surface area contributed by atoms with Gasteiger partial charge < -0.3 is 4.74 Å². The lowest BCUT2D eigenvalue weighted by Crippen LogP contribution is -2.24. The molecule has 1 N–H and O–H groups in total. The Labute approximate surface area is 209 Å². The number of ether oxygens (including phenoxy) is 1. The average Bonchev–Trinajstić information content (AvgIpc) is 2.84. The SMILES string of the molecule is COc1ccc(/C=N/NC(=O)CSc2nc3ccccc3c(=O)n2-c2ccccc2C)cc1Br. The van der Waals surface area contributed by atoms with E-state index in [0.717, 1.165) is 21.3 Å². The van der Waals surface area contributed by atoms with E-state index in [-0.39, 0.29) is 17.2 Å². The van der Waals surface area contributed by atoms with Gasteiger partial charge in [0.2, 0.25) is 0 Å². The van der Waals surface area contributed by atoms with Gasteiger partial charge in [-0.3, -0.25) is 14.2 Å². The highest BCUT2D eigenvalue weighted by Gasteiger charge is 2.15. The summed E-state index contributed by atoms with van der Waals surface area (Å²) in [6.07, 6.45) is 1.55. The number of aryl methyl sites for hydroxylation is 1. The number of rotatable bonds is 7. The van der Waals surface area contributed by atoms with E-state index in [0.29, 0.717) is 21.8 Å². The molecule has 34 heavy (non-hydrogen) atoms. The van der Waals surface area contributed by atoms with E-state index in [1.54, 1.807) is 36.1 Å². The van der Waals surface area contributed by atoms with E-state index in [4.69, 9.17) is 4.74 Å². The largest absolute Gasteiger partial charge is 0.496 e. The molecule has 4 rings (SSSR count). The number of para-hydroxylation sites is 2. The fourth-order valence-electron chi connectivity index (χ4n) is 3.34. The van der Waals surface area contributed by atoms with Crippen molar-refractivity contribution >= 4 is 50.7 Å². The van der Waals surface area contributed by atoms with Crippen LogP contribution in [0.25, 0.3) is 16.6 Å². The molecule has 0 unspecified atom stereocenters. The van der Waals surface area contributed by atoms with E-state index in [1.165, 1.54) is 11.8 Å². The summed E-state index contributed by atoms with van der Waals surface area (Å²) in [5.41, 5.74) is 5.39. The number of aromatic nitrogens is 2. The maximum Gasteiger partial charge on any atom is 0.266 e. The predicted octanol–water partition coefficient (Wildman–Crippen LogP) is 4.71. The van der Waals surface area contributed by atoms with Crippen LogP contribution in [-0.2, 0) is 4.79 Å². The number of thioether (sulfide) groups is 1. The quantitative estimate of drug-likeness (QED) is 0.160. The predicted molar refractivity (Wildman–Crippen MR) is 139 cm³/mol. The third kappa shape index (κ3) is 5.21. The number of amides is 1. The first-order valence-corrected chi connectivity index (χ1v) is 12.1. The highest BCUT2D eigenvalue weighted by atomic mass is 79.9. The molecule has 0 aliphatic rings. The third-order valence-corrected chi connectivity index (χ3v) is 6.57. The highest BCUT2D eigenvalue weighted by molar-refractivity contribution is 9.10. The molecular weight excluding hydrogens is 516 g/mol. The minimum Gasteiger partial charge on any atom is -0.496 e. The normalized spacial score (nSPS) is 11.1. The summed E-state index contributed by atoms with van der Waals surface area (Å²) in [7, 11) is 1.59. The molecule has 7 nitrogen and oxygen atoms in total. The molecule has 0 aliphatic heterocycles. The van der Waals surface area contributed by atoms with E-state index < -0.39 is 0 Å². The second kappa shape index (κ2) is 10.7. The second-order valence-electron chi connectivity index (χ2n) is 7.31. The van der Waals surface area contributed by atoms with Gasteiger partial charge in [0.1, 0.15) is 5.75 Å². The molecule has 1 aromatic heterocycles. The van der Waals surface area contributed by atoms with Crippen LogP contribution >= 0.6 is 27.7 Å². The van der Waals surface area contributed by atoms with Gasteiger partial charge >= 0.3 is 0 Å². The summed E-state index contributed by atoms with van der Waals surface area (Å²) in [5, 5.41) is 4.99. The average molecular weight is 537 g/mol. The lowest BCUT2D eigenvalue weighted by molar-refractivity contribution is -0.118. The molecule has 0 fully saturated rings. The Hall–Kier alpha value is -3.43. The van der Waals surface area contributed by atoms with Crippen molar-refractivity contribution < 1.29 is 9.53 Å². The van der Waals surface area contributed by atoms with Gasteiger partial charge in [-0.15, -0.1) is 0 Å². The number of carbonyl (C=O) groups excluding carboxylic acids is 1. The van der Waals surface area contributed by atoms with Crippen molar-refractivity contribution in [2.45, 2.75) is 12.1 Å². The smallest absolute Gasteiger partial charge is 0.266 e. The Morgan fingerprint density at radius 1 is 1.18 bits per heavy atom. The number of methoxy groups -OCH3 is 1. The maximum absolute atomic E-state index is 13.3. The number of hydrazone groups is 1. The van der Waals surface area contributed by atoms with Crippen LogP contribution in [0.1, 0.15) is 11.1 Å². The molecule has 4 aromatic rings. The zero-order valence-corrected chi connectivity index (χ0v) is 20.9. The van der Waals surface area contributed by atoms with Crippen LogP contribution in [0.3, 0.4) is 0 Å². The van der Waals surface area contributed by atoms with Crippen LogP contribution in [0.15, 0.2) is 86.3 Å². The first-order valence-electron chi connectivity index (χ1n) is 10.3. The first kappa shape index (κ1) is 23.7. The van der Waals surface area contributed by atoms with Gasteiger partial charge in [0.15, 0.2) is 5.16 Å². The lowest BCUT2D eigenvalue weighted by Gasteiger charge is -2.14. The van der Waals surface area contributed by atoms with Crippen molar-refractivity contribution in [1.29, 1.82) is 0 Å². The van der Waals surface area contributed by atoms with E-state index in [1.807, 2.05) is 55.5 Å². The fraction of sp³-hybridized carbons (Fsp3) is 0.120. The second-order valence-corrected chi connectivity index (χ2v) is 9.11. The zero-order chi connectivity index (χ0) is 24.1. The van der Waals surface area contributed by atoms with Crippen molar-refractivity contribution in [3.63, 3.8) is 0 Å². The van der Waals surface area contributed by atoms with Crippen LogP contribution in [0.4, 0.5) is 0 Å². The standard InChI is InChI=1S/C25H21BrN4O3S/c1-16-7-3-6-10-21(16)30-24(32)18-8-4-5-9-20(18)28-25(30)34-15-23(31)29-27-14-17-11-12-22(33-2)19(26)13-17/h3-14H,15H2,1-2H3,(H,29,31)/b27-14+. The summed E-state index contributed by atoms with van der Waals surface area (Å²) in [6, 6.07) is 20.3. The number of benzene rings is 3. The molecular formula is C25H21BrN4O3S. The van der Waals surface area contributed by atoms with Crippen molar-refractivity contribution in [1.82, 2.24) is 15.0 Å². The summed E-state index contributed by atoms with van der Waals surface area (Å²) in [4.78, 5) is 30.4. The molecule has 1 amide bonds. The third-order valence-electron chi connectivity index (χ3n) is 5.01. The maximum atomic E-state index is 13.3. The van der Waals surface area contributed by atoms with Gasteiger partial charge in [-0.2, -0.15) is 5.10 Å². The Morgan fingerprint density at radius 2 is 1.94 bits per heavy atom. The molecule has 1 heterocycles. The van der Waals surface area contributed by atoms with Gasteiger partial charge in [-0.1, -0.05) is 42.1 Å². The summed E-state index contributed by atoms with van der Waals surface area (Å²) in [6.45, 7) is 1.93. The molecule has 0 aliphatic carbocycles. The molecule has 0 saturated carbocycles. The Balaban J connectivity index is 1.54. The topological polar surface area (TPSA) is 85.6 Å². The van der Waals surface area contributed by atoms with Crippen molar-refractivity contribution in [2.24, 2.45) is 5.10 Å². The van der Waals surface area contributed by atoms with Crippen LogP contribution in [0.5, 0.6) is 5.75 Å². The molecule has 0 bridgehead atoms. The Bertz CT molecular complexity index is 1450. The number of halogens is 1. The number of hydrogen-bond donors (Lipinski definition) is 1. The molecule has 0 radical (unpaired) electrons. The van der Waals surface area contributed by atoms with Gasteiger partial charge in [0.05, 0.1) is 40.1 Å². The minimum absolute atomic E-state index is 0.0420. The van der Waals surface area contributed by atoms with Crippen LogP contribution < -0.4 is 15.7 Å². The number of hydrogen-bond acceptors (Lipinski definition) is 6. The number of carbonyl (C=O) groups is 1. The van der Waals surface area contributed by atoms with Crippen molar-refractivity contribution in [2.75, 3.05) is 12.9 Å². The number of nitrogens with zero attached hydrogens (tertiary/aromatic N) is 3. The summed E-state index contributed by atoms with van der Waals surface area (Å²) in [5.74, 6) is 0.438. The van der Waals surface area contributed by atoms with Crippen LogP contribution in [-0.4, -0.2) is 34.5 Å². The van der Waals surface area contributed by atoms with Gasteiger partial charge in [0.25, 0.3) is 11.5 Å². The number of fused-ring (bicyclic) bond motifs is 1. The molecule has 9 heteroatoms. The molecule has 3 aromatic carbocycles. The fourth-order valence-corrected chi connectivity index (χ4v) is 4.70. The Morgan fingerprint density at radius 3 is 2.71 bits per heavy atom. The van der Waals surface area contributed by atoms with Crippen LogP contribution in [0, 0.1) is 6.92 Å². The van der Waals surface area contributed by atoms with Gasteiger partial charge in [-0.05, 0) is 70.4 Å². The summed E-state index contributed by atoms with van der Waals surface area (Å²) < 4.78 is 7.56. The van der Waals surface area contributed by atoms with Gasteiger partial charge in [-0.25, -0.2) is 10.4 Å². The molecule has 0 saturated heterocycles. The molecule has 0 atom stereocenters. The molecule has 0 spiro atoms. The lowest BCUT2D eigenvalue weighted by atomic mass is 10.2. The first-order chi connectivity index (χ1) is 16.5.